The van der Waals surface area contributed by atoms with Gasteiger partial charge in [0.05, 0.1) is 13.4 Å². The molecule has 0 aromatic heterocycles. The summed E-state index contributed by atoms with van der Waals surface area (Å²) in [6.45, 7) is 0. The van der Waals surface area contributed by atoms with E-state index in [2.05, 4.69) is 10.2 Å². The van der Waals surface area contributed by atoms with Crippen LogP contribution in [0.25, 0.3) is 0 Å². The molecule has 4 N–H and O–H groups in total. The molecule has 0 atom stereocenters. The van der Waals surface area contributed by atoms with Crippen LogP contribution < -0.4 is 11.5 Å². The molecule has 0 aliphatic heterocycles. The summed E-state index contributed by atoms with van der Waals surface area (Å²) in [4.78, 5) is 0. The van der Waals surface area contributed by atoms with Crippen molar-refractivity contribution in [3.63, 3.8) is 0 Å². The van der Waals surface area contributed by atoms with E-state index in [-0.39, 0.29) is 11.8 Å². The molecule has 0 aliphatic rings. The van der Waals surface area contributed by atoms with Gasteiger partial charge in [0.2, 0.25) is 5.96 Å². The zero-order valence-electron chi connectivity index (χ0n) is 7.42. The first-order valence-electron chi connectivity index (χ1n) is 3.77. The third kappa shape index (κ3) is 3.89. The fraction of sp³-hybridized carbons (Fsp3) is 0. The van der Waals surface area contributed by atoms with Crippen molar-refractivity contribution in [1.82, 2.24) is 0 Å². The molecule has 0 bridgehead atoms. The predicted molar refractivity (Wildman–Crippen MR) is 75.2 cm³/mol. The molecule has 0 fully saturated rings. The Bertz CT molecular complexity index is 404. The Kier molecular flexibility index (Phi) is 4.70. The summed E-state index contributed by atoms with van der Waals surface area (Å²) in [5.41, 5.74) is 10.9. The third-order valence-electron chi connectivity index (χ3n) is 1.39. The Morgan fingerprint density at radius 2 is 1.80 bits per heavy atom. The largest absolute Gasteiger partial charge is 0.369 e. The van der Waals surface area contributed by atoms with Crippen LogP contribution in [0, 0.1) is 13.0 Å². The van der Waals surface area contributed by atoms with Crippen molar-refractivity contribution in [3.8, 4) is 0 Å². The van der Waals surface area contributed by atoms with Crippen LogP contribution in [-0.2, 0) is 0 Å². The minimum atomic E-state index is -0.227. The molecule has 80 valence electrons. The molecule has 0 saturated heterocycles. The number of benzene rings is 1. The number of guanidine groups is 1. The van der Waals surface area contributed by atoms with Gasteiger partial charge in [0.15, 0.2) is 0 Å². The Morgan fingerprint density at radius 3 is 2.27 bits per heavy atom. The molecular formula is C8H7FI2N4. The molecule has 0 aliphatic carbocycles. The molecular weight excluding hydrogens is 425 g/mol. The van der Waals surface area contributed by atoms with Crippen LogP contribution in [0.5, 0.6) is 0 Å². The van der Waals surface area contributed by atoms with Crippen molar-refractivity contribution >= 4 is 57.4 Å². The summed E-state index contributed by atoms with van der Waals surface area (Å²) in [7, 11) is 0. The van der Waals surface area contributed by atoms with Crippen molar-refractivity contribution in [1.29, 1.82) is 0 Å². The second-order valence-electron chi connectivity index (χ2n) is 2.57. The number of rotatable bonds is 2. The first-order chi connectivity index (χ1) is 7.00. The fourth-order valence-electron chi connectivity index (χ4n) is 0.812. The highest BCUT2D eigenvalue weighted by atomic mass is 127. The van der Waals surface area contributed by atoms with Gasteiger partial charge in [-0.15, -0.1) is 5.10 Å². The van der Waals surface area contributed by atoms with Gasteiger partial charge in [0.1, 0.15) is 5.82 Å². The highest BCUT2D eigenvalue weighted by Gasteiger charge is 2.04. The lowest BCUT2D eigenvalue weighted by atomic mass is 10.2. The van der Waals surface area contributed by atoms with E-state index in [4.69, 9.17) is 11.5 Å². The van der Waals surface area contributed by atoms with Gasteiger partial charge >= 0.3 is 0 Å². The highest BCUT2D eigenvalue weighted by molar-refractivity contribution is 14.1. The van der Waals surface area contributed by atoms with E-state index in [0.717, 1.165) is 5.56 Å². The molecule has 0 radical (unpaired) electrons. The molecule has 1 rings (SSSR count). The second kappa shape index (κ2) is 5.58. The fourth-order valence-corrected chi connectivity index (χ4v) is 2.63. The molecule has 15 heavy (non-hydrogen) atoms. The van der Waals surface area contributed by atoms with Crippen molar-refractivity contribution in [2.24, 2.45) is 21.7 Å². The van der Waals surface area contributed by atoms with E-state index in [1.165, 1.54) is 6.21 Å². The lowest BCUT2D eigenvalue weighted by Gasteiger charge is -1.99. The first kappa shape index (κ1) is 12.6. The van der Waals surface area contributed by atoms with Gasteiger partial charge in [0, 0.05) is 0 Å². The predicted octanol–water partition coefficient (Wildman–Crippen LogP) is 1.64. The summed E-state index contributed by atoms with van der Waals surface area (Å²) in [6, 6.07) is 3.31. The number of hydrogen-bond acceptors (Lipinski definition) is 2. The van der Waals surface area contributed by atoms with Crippen LogP contribution in [0.1, 0.15) is 5.56 Å². The zero-order valence-corrected chi connectivity index (χ0v) is 11.7. The van der Waals surface area contributed by atoms with Crippen LogP contribution in [0.3, 0.4) is 0 Å². The molecule has 0 heterocycles. The van der Waals surface area contributed by atoms with E-state index in [0.29, 0.717) is 7.14 Å². The van der Waals surface area contributed by atoms with Crippen molar-refractivity contribution < 1.29 is 4.39 Å². The monoisotopic (exact) mass is 432 g/mol. The number of nitrogens with zero attached hydrogens (tertiary/aromatic N) is 2. The van der Waals surface area contributed by atoms with Gasteiger partial charge in [-0.05, 0) is 62.9 Å². The molecule has 0 unspecified atom stereocenters. The first-order valence-corrected chi connectivity index (χ1v) is 5.93. The number of halogens is 3. The Morgan fingerprint density at radius 1 is 1.27 bits per heavy atom. The average molecular weight is 432 g/mol. The molecule has 1 aromatic carbocycles. The van der Waals surface area contributed by atoms with Gasteiger partial charge in [-0.1, -0.05) is 0 Å². The van der Waals surface area contributed by atoms with Crippen molar-refractivity contribution in [3.05, 3.63) is 30.7 Å². The summed E-state index contributed by atoms with van der Waals surface area (Å²) < 4.78 is 14.3. The van der Waals surface area contributed by atoms with E-state index in [9.17, 15) is 4.39 Å². The summed E-state index contributed by atoms with van der Waals surface area (Å²) in [6.07, 6.45) is 1.46. The lowest BCUT2D eigenvalue weighted by Crippen LogP contribution is -2.21. The van der Waals surface area contributed by atoms with Gasteiger partial charge in [-0.25, -0.2) is 4.39 Å². The van der Waals surface area contributed by atoms with Crippen molar-refractivity contribution in [2.45, 2.75) is 0 Å². The van der Waals surface area contributed by atoms with E-state index in [1.54, 1.807) is 12.1 Å². The molecule has 0 saturated carbocycles. The van der Waals surface area contributed by atoms with Crippen LogP contribution in [0.15, 0.2) is 22.3 Å². The zero-order chi connectivity index (χ0) is 11.4. The average Bonchev–Trinajstić information content (AvgIpc) is 2.13. The van der Waals surface area contributed by atoms with Gasteiger partial charge < -0.3 is 11.5 Å². The smallest absolute Gasteiger partial charge is 0.211 e. The minimum Gasteiger partial charge on any atom is -0.369 e. The maximum atomic E-state index is 13.2. The van der Waals surface area contributed by atoms with E-state index < -0.39 is 0 Å². The normalized spacial score (nSPS) is 10.6. The SMILES string of the molecule is NC(N)=NN=Cc1cc(I)c(F)c(I)c1. The number of hydrogen-bond donors (Lipinski definition) is 2. The molecule has 7 heteroatoms. The molecule has 1 aromatic rings. The molecule has 0 amide bonds. The second-order valence-corrected chi connectivity index (χ2v) is 4.89. The summed E-state index contributed by atoms with van der Waals surface area (Å²) in [5, 5.41) is 7.08. The Hall–Kier alpha value is -0.450. The Labute approximate surface area is 113 Å². The molecule has 4 nitrogen and oxygen atoms in total. The maximum absolute atomic E-state index is 13.2. The van der Waals surface area contributed by atoms with Gasteiger partial charge in [-0.2, -0.15) is 5.10 Å². The summed E-state index contributed by atoms with van der Waals surface area (Å²) >= 11 is 3.83. The highest BCUT2D eigenvalue weighted by Crippen LogP contribution is 2.18. The topological polar surface area (TPSA) is 76.8 Å². The minimum absolute atomic E-state index is 0.113. The quantitative estimate of drug-likeness (QED) is 0.245. The van der Waals surface area contributed by atoms with Gasteiger partial charge in [-0.3, -0.25) is 0 Å². The van der Waals surface area contributed by atoms with Crippen LogP contribution in [0.4, 0.5) is 4.39 Å². The molecule has 0 spiro atoms. The number of nitrogens with two attached hydrogens (primary N) is 2. The standard InChI is InChI=1S/C8H7FI2N4/c9-7-5(10)1-4(2-6(7)11)3-14-15-8(12)13/h1-3H,(H4,12,13,15). The van der Waals surface area contributed by atoms with E-state index >= 15 is 0 Å². The van der Waals surface area contributed by atoms with E-state index in [1.807, 2.05) is 45.2 Å². The maximum Gasteiger partial charge on any atom is 0.211 e. The van der Waals surface area contributed by atoms with Gasteiger partial charge in [0.25, 0.3) is 0 Å². The van der Waals surface area contributed by atoms with Crippen molar-refractivity contribution in [2.75, 3.05) is 0 Å². The van der Waals surface area contributed by atoms with Crippen LogP contribution >= 0.6 is 45.2 Å². The van der Waals surface area contributed by atoms with Crippen LogP contribution in [0.2, 0.25) is 0 Å². The van der Waals surface area contributed by atoms with Crippen LogP contribution in [-0.4, -0.2) is 12.2 Å². The summed E-state index contributed by atoms with van der Waals surface area (Å²) in [5.74, 6) is -0.340. The lowest BCUT2D eigenvalue weighted by molar-refractivity contribution is 0.612. The third-order valence-corrected chi connectivity index (χ3v) is 2.96. The Balaban J connectivity index is 2.98.